The second-order valence-corrected chi connectivity index (χ2v) is 13.9. The number of carbonyl (C=O) groups is 1. The molecule has 1 aromatic rings. The fraction of sp³-hybridized carbons (Fsp3) is 0.667. The van der Waals surface area contributed by atoms with E-state index in [9.17, 15) is 22.5 Å². The Balaban J connectivity index is 1.78. The van der Waals surface area contributed by atoms with Crippen molar-refractivity contribution in [2.24, 2.45) is 22.2 Å². The SMILES string of the molecule is C/C=C(C(=O)CNC[S+]([O-])/C(=C/NC)C(C)=N)\C(=N/Cn1ccc(OCC2(C(F)(F)F)CC2)n1)N1CC(C(C)C)CC1(C)C. The van der Waals surface area contributed by atoms with Crippen molar-refractivity contribution in [3.8, 4) is 5.88 Å². The average Bonchev–Trinajstić information content (AvgIpc) is 3.50. The number of aliphatic imine (C=N–C) groups is 1. The van der Waals surface area contributed by atoms with Crippen LogP contribution in [0.5, 0.6) is 5.88 Å². The molecule has 3 N–H and O–H groups in total. The van der Waals surface area contributed by atoms with E-state index in [4.69, 9.17) is 15.1 Å². The van der Waals surface area contributed by atoms with Crippen molar-refractivity contribution in [1.82, 2.24) is 25.3 Å². The van der Waals surface area contributed by atoms with Gasteiger partial charge < -0.3 is 24.9 Å². The third-order valence-corrected chi connectivity index (χ3v) is 9.66. The summed E-state index contributed by atoms with van der Waals surface area (Å²) in [5, 5.41) is 17.9. The number of nitrogens with zero attached hydrogens (tertiary/aromatic N) is 4. The number of amidine groups is 1. The van der Waals surface area contributed by atoms with Crippen LogP contribution < -0.4 is 15.4 Å². The molecule has 1 saturated heterocycles. The Labute approximate surface area is 261 Å². The number of ketones is 1. The van der Waals surface area contributed by atoms with E-state index in [0.717, 1.165) is 6.42 Å². The van der Waals surface area contributed by atoms with Crippen LogP contribution in [0.15, 0.2) is 40.0 Å². The summed E-state index contributed by atoms with van der Waals surface area (Å²) in [5.41, 5.74) is -1.51. The Hall–Kier alpha value is -2.84. The molecule has 0 amide bonds. The van der Waals surface area contributed by atoms with Gasteiger partial charge in [-0.3, -0.25) is 10.1 Å². The van der Waals surface area contributed by atoms with Gasteiger partial charge in [0.05, 0.1) is 24.0 Å². The van der Waals surface area contributed by atoms with Gasteiger partial charge >= 0.3 is 6.18 Å². The highest BCUT2D eigenvalue weighted by Crippen LogP contribution is 2.57. The van der Waals surface area contributed by atoms with Crippen molar-refractivity contribution in [2.75, 3.05) is 32.6 Å². The molecule has 2 aliphatic rings. The topological polar surface area (TPSA) is 131 Å². The lowest BCUT2D eigenvalue weighted by Gasteiger charge is -2.35. The Morgan fingerprint density at radius 2 is 2.05 bits per heavy atom. The van der Waals surface area contributed by atoms with Crippen LogP contribution in [-0.4, -0.2) is 80.9 Å². The van der Waals surface area contributed by atoms with Crippen molar-refractivity contribution in [3.63, 3.8) is 0 Å². The van der Waals surface area contributed by atoms with Gasteiger partial charge in [-0.05, 0) is 58.8 Å². The first-order valence-corrected chi connectivity index (χ1v) is 16.1. The van der Waals surface area contributed by atoms with Gasteiger partial charge in [0.2, 0.25) is 5.88 Å². The summed E-state index contributed by atoms with van der Waals surface area (Å²) in [6.07, 6.45) is 1.52. The standard InChI is InChI=1S/C30H46F3N7O3S/c1-8-23(24(41)14-36-19-44(42)25(15-35-7)21(4)34)27(40-16-22(20(2)3)13-28(40,5)6)37-18-39-12-9-26(38-39)43-17-29(10-11-29)30(31,32)33/h8-9,12,15,20,22,34-36H,10-11,13-14,16-19H2,1-7H3/b23-8-,25-15+,34-21?,37-27+. The van der Waals surface area contributed by atoms with E-state index in [1.165, 1.54) is 16.9 Å². The summed E-state index contributed by atoms with van der Waals surface area (Å²) in [4.78, 5) is 20.9. The first-order chi connectivity index (χ1) is 20.5. The number of aromatic nitrogens is 2. The Kier molecular flexibility index (Phi) is 11.7. The highest BCUT2D eigenvalue weighted by Gasteiger charge is 2.64. The van der Waals surface area contributed by atoms with E-state index in [0.29, 0.717) is 34.7 Å². The predicted octanol–water partition coefficient (Wildman–Crippen LogP) is 4.63. The lowest BCUT2D eigenvalue weighted by Crippen LogP contribution is -2.45. The van der Waals surface area contributed by atoms with Gasteiger partial charge in [-0.1, -0.05) is 19.9 Å². The number of carbonyl (C=O) groups excluding carboxylic acids is 1. The Bertz CT molecular complexity index is 1270. The van der Waals surface area contributed by atoms with E-state index in [1.807, 2.05) is 0 Å². The fourth-order valence-corrected chi connectivity index (χ4v) is 6.30. The van der Waals surface area contributed by atoms with Crippen LogP contribution in [0.4, 0.5) is 13.2 Å². The van der Waals surface area contributed by atoms with Gasteiger partial charge in [0.1, 0.15) is 24.5 Å². The number of likely N-dealkylation sites (tertiary alicyclic amines) is 1. The molecule has 0 aromatic carbocycles. The zero-order valence-electron chi connectivity index (χ0n) is 26.7. The van der Waals surface area contributed by atoms with Crippen LogP contribution in [0.2, 0.25) is 0 Å². The van der Waals surface area contributed by atoms with Gasteiger partial charge in [-0.15, -0.1) is 5.10 Å². The smallest absolute Gasteiger partial charge is 0.397 e. The third-order valence-electron chi connectivity index (χ3n) is 8.28. The van der Waals surface area contributed by atoms with Crippen LogP contribution in [0, 0.1) is 22.7 Å². The molecule has 0 radical (unpaired) electrons. The number of Topliss-reactive ketones (excluding diaryl/α,β-unsaturated/α-hetero) is 1. The van der Waals surface area contributed by atoms with E-state index in [2.05, 4.69) is 48.3 Å². The van der Waals surface area contributed by atoms with Crippen LogP contribution in [0.25, 0.3) is 0 Å². The molecule has 3 rings (SSSR count). The summed E-state index contributed by atoms with van der Waals surface area (Å²) in [6.45, 7) is 12.1. The van der Waals surface area contributed by atoms with Crippen LogP contribution in [-0.2, 0) is 22.6 Å². The molecular weight excluding hydrogens is 595 g/mol. The average molecular weight is 642 g/mol. The predicted molar refractivity (Wildman–Crippen MR) is 167 cm³/mol. The molecule has 2 atom stereocenters. The largest absolute Gasteiger partial charge is 0.610 e. The minimum atomic E-state index is -4.31. The third kappa shape index (κ3) is 8.66. The van der Waals surface area contributed by atoms with E-state index in [1.54, 1.807) is 33.2 Å². The zero-order chi connectivity index (χ0) is 32.9. The zero-order valence-corrected chi connectivity index (χ0v) is 27.5. The monoisotopic (exact) mass is 641 g/mol. The van der Waals surface area contributed by atoms with Crippen LogP contribution >= 0.6 is 0 Å². The molecule has 14 heteroatoms. The van der Waals surface area contributed by atoms with Crippen molar-refractivity contribution in [3.05, 3.63) is 35.0 Å². The van der Waals surface area contributed by atoms with Crippen molar-refractivity contribution >= 4 is 28.5 Å². The summed E-state index contributed by atoms with van der Waals surface area (Å²) < 4.78 is 59.5. The maximum atomic E-state index is 13.6. The summed E-state index contributed by atoms with van der Waals surface area (Å²) in [7, 11) is 1.66. The molecule has 2 fully saturated rings. The maximum Gasteiger partial charge on any atom is 0.397 e. The van der Waals surface area contributed by atoms with Gasteiger partial charge in [0.25, 0.3) is 0 Å². The lowest BCUT2D eigenvalue weighted by molar-refractivity contribution is -0.194. The molecule has 1 aromatic heterocycles. The quantitative estimate of drug-likeness (QED) is 0.110. The molecule has 2 unspecified atom stereocenters. The van der Waals surface area contributed by atoms with Crippen LogP contribution in [0.3, 0.4) is 0 Å². The fourth-order valence-electron chi connectivity index (χ4n) is 5.27. The maximum absolute atomic E-state index is 13.6. The van der Waals surface area contributed by atoms with Gasteiger partial charge in [-0.25, -0.2) is 9.67 Å². The minimum absolute atomic E-state index is 0.00470. The molecule has 1 aliphatic heterocycles. The summed E-state index contributed by atoms with van der Waals surface area (Å²) in [6, 6.07) is 1.51. The van der Waals surface area contributed by atoms with Crippen molar-refractivity contribution < 1.29 is 27.3 Å². The number of hydrogen-bond acceptors (Lipinski definition) is 8. The molecular formula is C30H46F3N7O3S. The highest BCUT2D eigenvalue weighted by molar-refractivity contribution is 7.96. The van der Waals surface area contributed by atoms with Gasteiger partial charge in [0, 0.05) is 42.6 Å². The molecule has 0 bridgehead atoms. The lowest BCUT2D eigenvalue weighted by atomic mass is 9.89. The second kappa shape index (κ2) is 14.5. The first-order valence-electron chi connectivity index (χ1n) is 14.8. The van der Waals surface area contributed by atoms with Gasteiger partial charge in [0.15, 0.2) is 16.6 Å². The molecule has 0 spiro atoms. The highest BCUT2D eigenvalue weighted by atomic mass is 32.2. The molecule has 246 valence electrons. The minimum Gasteiger partial charge on any atom is -0.610 e. The molecule has 44 heavy (non-hydrogen) atoms. The second-order valence-electron chi connectivity index (χ2n) is 12.5. The molecule has 1 saturated carbocycles. The van der Waals surface area contributed by atoms with Crippen molar-refractivity contribution in [2.45, 2.75) is 79.2 Å². The Morgan fingerprint density at radius 3 is 2.57 bits per heavy atom. The number of nitrogens with one attached hydrogen (secondary N) is 3. The summed E-state index contributed by atoms with van der Waals surface area (Å²) >= 11 is -1.52. The number of ether oxygens (including phenoxy) is 1. The molecule has 2 heterocycles. The Morgan fingerprint density at radius 1 is 1.36 bits per heavy atom. The number of halogens is 3. The van der Waals surface area contributed by atoms with E-state index in [-0.39, 0.29) is 54.8 Å². The summed E-state index contributed by atoms with van der Waals surface area (Å²) in [5.74, 6) is 1.17. The molecule has 10 nitrogen and oxygen atoms in total. The van der Waals surface area contributed by atoms with E-state index < -0.39 is 29.4 Å². The van der Waals surface area contributed by atoms with Crippen LogP contribution in [0.1, 0.15) is 60.8 Å². The molecule has 1 aliphatic carbocycles. The van der Waals surface area contributed by atoms with E-state index >= 15 is 0 Å². The van der Waals surface area contributed by atoms with Gasteiger partial charge in [-0.2, -0.15) is 13.2 Å². The number of allylic oxidation sites excluding steroid dienone is 2. The number of rotatable bonds is 15. The number of alkyl halides is 3. The number of hydrogen-bond donors (Lipinski definition) is 3. The normalized spacial score (nSPS) is 21.0. The van der Waals surface area contributed by atoms with Crippen molar-refractivity contribution in [1.29, 1.82) is 5.41 Å². The first kappa shape index (κ1) is 35.6.